The molecule has 1 aliphatic rings. The highest BCUT2D eigenvalue weighted by molar-refractivity contribution is 5.77. The molecule has 3 N–H and O–H groups in total. The average Bonchev–Trinajstić information content (AvgIpc) is 2.15. The predicted molar refractivity (Wildman–Crippen MR) is 56.5 cm³/mol. The second kappa shape index (κ2) is 5.02. The third kappa shape index (κ3) is 3.39. The van der Waals surface area contributed by atoms with E-state index in [1.807, 2.05) is 0 Å². The number of hydrogen-bond acceptors (Lipinski definition) is 2. The van der Waals surface area contributed by atoms with Gasteiger partial charge in [0.1, 0.15) is 0 Å². The molecule has 78 valence electrons. The lowest BCUT2D eigenvalue weighted by molar-refractivity contribution is -0.122. The molecule has 1 amide bonds. The minimum absolute atomic E-state index is 0.0210. The Morgan fingerprint density at radius 1 is 1.43 bits per heavy atom. The first-order valence-corrected chi connectivity index (χ1v) is 5.15. The quantitative estimate of drug-likeness (QED) is 0.652. The van der Waals surface area contributed by atoms with Gasteiger partial charge in [0.25, 0.3) is 0 Å². The number of nitrogens with one attached hydrogen (secondary N) is 1. The first-order valence-electron chi connectivity index (χ1n) is 5.15. The van der Waals surface area contributed by atoms with Gasteiger partial charge >= 0.3 is 0 Å². The van der Waals surface area contributed by atoms with Crippen molar-refractivity contribution in [2.45, 2.75) is 44.1 Å². The molecule has 0 bridgehead atoms. The van der Waals surface area contributed by atoms with Crippen LogP contribution in [0.4, 0.5) is 0 Å². The Balaban J connectivity index is 2.34. The highest BCUT2D eigenvalue weighted by atomic mass is 16.1. The summed E-state index contributed by atoms with van der Waals surface area (Å²) in [7, 11) is 0. The van der Waals surface area contributed by atoms with Gasteiger partial charge in [-0.25, -0.2) is 0 Å². The predicted octanol–water partition coefficient (Wildman–Crippen LogP) is 0.787. The summed E-state index contributed by atoms with van der Waals surface area (Å²) < 4.78 is 0. The number of terminal acetylenes is 1. The number of nitrogens with two attached hydrogens (primary N) is 1. The third-order valence-electron chi connectivity index (χ3n) is 2.75. The van der Waals surface area contributed by atoms with Crippen molar-refractivity contribution < 1.29 is 4.79 Å². The second-order valence-corrected chi connectivity index (χ2v) is 4.08. The lowest BCUT2D eigenvalue weighted by Crippen LogP contribution is -2.46. The van der Waals surface area contributed by atoms with Crippen molar-refractivity contribution in [2.75, 3.05) is 6.54 Å². The molecule has 14 heavy (non-hydrogen) atoms. The topological polar surface area (TPSA) is 55.1 Å². The highest BCUT2D eigenvalue weighted by Crippen LogP contribution is 2.28. The Bertz CT molecular complexity index is 236. The molecule has 1 saturated carbocycles. The fourth-order valence-electron chi connectivity index (χ4n) is 1.96. The first kappa shape index (κ1) is 11.1. The van der Waals surface area contributed by atoms with Crippen molar-refractivity contribution in [3.8, 4) is 12.3 Å². The summed E-state index contributed by atoms with van der Waals surface area (Å²) in [5.74, 6) is 2.35. The smallest absolute Gasteiger partial charge is 0.222 e. The zero-order valence-corrected chi connectivity index (χ0v) is 8.51. The van der Waals surface area contributed by atoms with Crippen molar-refractivity contribution in [1.29, 1.82) is 0 Å². The minimum atomic E-state index is -0.281. The van der Waals surface area contributed by atoms with Crippen LogP contribution in [0.5, 0.6) is 0 Å². The van der Waals surface area contributed by atoms with E-state index in [1.165, 1.54) is 6.42 Å². The van der Waals surface area contributed by atoms with Gasteiger partial charge in [-0.05, 0) is 12.8 Å². The van der Waals surface area contributed by atoms with Crippen LogP contribution in [0.15, 0.2) is 0 Å². The molecular weight excluding hydrogens is 176 g/mol. The molecule has 1 rings (SSSR count). The van der Waals surface area contributed by atoms with Gasteiger partial charge in [-0.15, -0.1) is 6.42 Å². The molecular formula is C11H18N2O. The molecule has 0 atom stereocenters. The number of amides is 1. The van der Waals surface area contributed by atoms with E-state index < -0.39 is 0 Å². The molecule has 3 nitrogen and oxygen atoms in total. The van der Waals surface area contributed by atoms with Crippen LogP contribution < -0.4 is 11.1 Å². The van der Waals surface area contributed by atoms with Crippen LogP contribution in [-0.4, -0.2) is 18.0 Å². The van der Waals surface area contributed by atoms with Crippen LogP contribution in [0, 0.1) is 12.3 Å². The van der Waals surface area contributed by atoms with E-state index in [0.29, 0.717) is 13.0 Å². The van der Waals surface area contributed by atoms with E-state index in [4.69, 9.17) is 12.2 Å². The highest BCUT2D eigenvalue weighted by Gasteiger charge is 2.29. The van der Waals surface area contributed by atoms with Gasteiger partial charge in [0, 0.05) is 12.0 Å². The number of carbonyl (C=O) groups is 1. The van der Waals surface area contributed by atoms with Crippen LogP contribution in [-0.2, 0) is 4.79 Å². The number of rotatable bonds is 3. The van der Waals surface area contributed by atoms with Gasteiger partial charge in [-0.3, -0.25) is 4.79 Å². The van der Waals surface area contributed by atoms with E-state index in [2.05, 4.69) is 11.2 Å². The Morgan fingerprint density at radius 2 is 2.07 bits per heavy atom. The fraction of sp³-hybridized carbons (Fsp3) is 0.727. The summed E-state index contributed by atoms with van der Waals surface area (Å²) in [6.45, 7) is 0.301. The van der Waals surface area contributed by atoms with Crippen molar-refractivity contribution in [1.82, 2.24) is 5.32 Å². The summed E-state index contributed by atoms with van der Waals surface area (Å²) in [5.41, 5.74) is 5.84. The molecule has 3 heteroatoms. The van der Waals surface area contributed by atoms with Crippen LogP contribution >= 0.6 is 0 Å². The van der Waals surface area contributed by atoms with Crippen LogP contribution in [0.3, 0.4) is 0 Å². The van der Waals surface area contributed by atoms with Gasteiger partial charge in [0.2, 0.25) is 5.91 Å². The van der Waals surface area contributed by atoms with Crippen molar-refractivity contribution >= 4 is 5.91 Å². The lowest BCUT2D eigenvalue weighted by atomic mass is 9.80. The van der Waals surface area contributed by atoms with E-state index in [0.717, 1.165) is 25.7 Å². The monoisotopic (exact) mass is 194 g/mol. The first-order chi connectivity index (χ1) is 6.66. The SMILES string of the molecule is C#CCNC(=O)CC1(N)CCCCC1. The Morgan fingerprint density at radius 3 is 2.64 bits per heavy atom. The molecule has 0 heterocycles. The minimum Gasteiger partial charge on any atom is -0.345 e. The van der Waals surface area contributed by atoms with Gasteiger partial charge in [-0.1, -0.05) is 25.2 Å². The van der Waals surface area contributed by atoms with Crippen molar-refractivity contribution in [3.05, 3.63) is 0 Å². The van der Waals surface area contributed by atoms with Crippen LogP contribution in [0.1, 0.15) is 38.5 Å². The molecule has 0 aromatic heterocycles. The molecule has 0 aliphatic heterocycles. The third-order valence-corrected chi connectivity index (χ3v) is 2.75. The summed E-state index contributed by atoms with van der Waals surface area (Å²) in [5, 5.41) is 2.65. The summed E-state index contributed by atoms with van der Waals surface area (Å²) in [6.07, 6.45) is 10.9. The molecule has 1 aliphatic carbocycles. The maximum absolute atomic E-state index is 11.4. The number of hydrogen-bond donors (Lipinski definition) is 2. The molecule has 0 unspecified atom stereocenters. The maximum atomic E-state index is 11.4. The Kier molecular flexibility index (Phi) is 3.97. The molecule has 0 saturated heterocycles. The van der Waals surface area contributed by atoms with E-state index in [9.17, 15) is 4.79 Å². The van der Waals surface area contributed by atoms with E-state index in [1.54, 1.807) is 0 Å². The van der Waals surface area contributed by atoms with Gasteiger partial charge in [0.15, 0.2) is 0 Å². The molecule has 1 fully saturated rings. The largest absolute Gasteiger partial charge is 0.345 e. The average molecular weight is 194 g/mol. The van der Waals surface area contributed by atoms with Gasteiger partial charge < -0.3 is 11.1 Å². The Labute approximate surface area is 85.4 Å². The molecule has 0 aromatic carbocycles. The van der Waals surface area contributed by atoms with Crippen LogP contribution in [0.2, 0.25) is 0 Å². The lowest BCUT2D eigenvalue weighted by Gasteiger charge is -2.32. The number of carbonyl (C=O) groups excluding carboxylic acids is 1. The maximum Gasteiger partial charge on any atom is 0.222 e. The summed E-state index contributed by atoms with van der Waals surface area (Å²) in [4.78, 5) is 11.4. The van der Waals surface area contributed by atoms with E-state index in [-0.39, 0.29) is 11.4 Å². The summed E-state index contributed by atoms with van der Waals surface area (Å²) in [6, 6.07) is 0. The molecule has 0 aromatic rings. The standard InChI is InChI=1S/C11H18N2O/c1-2-8-13-10(14)9-11(12)6-4-3-5-7-11/h1H,3-9,12H2,(H,13,14). The zero-order chi connectivity index (χ0) is 10.4. The van der Waals surface area contributed by atoms with Gasteiger partial charge in [0.05, 0.1) is 6.54 Å². The second-order valence-electron chi connectivity index (χ2n) is 4.08. The van der Waals surface area contributed by atoms with E-state index >= 15 is 0 Å². The van der Waals surface area contributed by atoms with Gasteiger partial charge in [-0.2, -0.15) is 0 Å². The normalized spacial score (nSPS) is 19.7. The van der Waals surface area contributed by atoms with Crippen molar-refractivity contribution in [3.63, 3.8) is 0 Å². The molecule has 0 spiro atoms. The fourth-order valence-corrected chi connectivity index (χ4v) is 1.96. The van der Waals surface area contributed by atoms with Crippen LogP contribution in [0.25, 0.3) is 0 Å². The van der Waals surface area contributed by atoms with Crippen molar-refractivity contribution in [2.24, 2.45) is 5.73 Å². The zero-order valence-electron chi connectivity index (χ0n) is 8.51. The summed E-state index contributed by atoms with van der Waals surface area (Å²) >= 11 is 0. The molecule has 0 radical (unpaired) electrons. The Hall–Kier alpha value is -1.01.